The zero-order valence-corrected chi connectivity index (χ0v) is 14.6. The van der Waals surface area contributed by atoms with Gasteiger partial charge in [-0.2, -0.15) is 4.98 Å². The number of rotatable bonds is 6. The standard InChI is InChI=1S/C19H17N3O5/c1-2-24-14-6-4-3-5-13(14)10-20-18(23)17-21-19(27-22-17)12-7-8-15-16(9-12)26-11-25-15/h3-9H,2,10-11H2,1H3,(H,20,23). The van der Waals surface area contributed by atoms with Gasteiger partial charge in [-0.1, -0.05) is 23.4 Å². The van der Waals surface area contributed by atoms with E-state index in [1.807, 2.05) is 31.2 Å². The van der Waals surface area contributed by atoms with Gasteiger partial charge in [0.05, 0.1) is 6.61 Å². The molecule has 0 aliphatic carbocycles. The van der Waals surface area contributed by atoms with E-state index in [0.717, 1.165) is 11.3 Å². The third kappa shape index (κ3) is 3.55. The highest BCUT2D eigenvalue weighted by Crippen LogP contribution is 2.35. The molecule has 0 saturated heterocycles. The van der Waals surface area contributed by atoms with Gasteiger partial charge in [-0.15, -0.1) is 0 Å². The summed E-state index contributed by atoms with van der Waals surface area (Å²) in [5.41, 5.74) is 1.51. The number of nitrogens with one attached hydrogen (secondary N) is 1. The molecule has 2 aromatic carbocycles. The Labute approximate surface area is 155 Å². The summed E-state index contributed by atoms with van der Waals surface area (Å²) in [4.78, 5) is 16.5. The van der Waals surface area contributed by atoms with Crippen molar-refractivity contribution in [1.29, 1.82) is 0 Å². The maximum atomic E-state index is 12.3. The van der Waals surface area contributed by atoms with E-state index < -0.39 is 5.91 Å². The van der Waals surface area contributed by atoms with Crippen LogP contribution in [0.25, 0.3) is 11.5 Å². The van der Waals surface area contributed by atoms with Crippen molar-refractivity contribution in [1.82, 2.24) is 15.5 Å². The molecule has 1 aliphatic rings. The average molecular weight is 367 g/mol. The van der Waals surface area contributed by atoms with Gasteiger partial charge >= 0.3 is 0 Å². The van der Waals surface area contributed by atoms with E-state index in [0.29, 0.717) is 30.2 Å². The molecule has 0 atom stereocenters. The summed E-state index contributed by atoms with van der Waals surface area (Å²) in [6.45, 7) is 2.93. The molecule has 1 aliphatic heterocycles. The topological polar surface area (TPSA) is 95.7 Å². The van der Waals surface area contributed by atoms with Crippen molar-refractivity contribution in [3.63, 3.8) is 0 Å². The Hall–Kier alpha value is -3.55. The molecule has 0 fully saturated rings. The lowest BCUT2D eigenvalue weighted by molar-refractivity contribution is 0.0937. The van der Waals surface area contributed by atoms with Crippen LogP contribution in [0.5, 0.6) is 17.2 Å². The van der Waals surface area contributed by atoms with Gasteiger partial charge < -0.3 is 24.1 Å². The Morgan fingerprint density at radius 1 is 1.19 bits per heavy atom. The monoisotopic (exact) mass is 367 g/mol. The normalized spacial score (nSPS) is 12.0. The van der Waals surface area contributed by atoms with Crippen LogP contribution in [-0.2, 0) is 6.54 Å². The van der Waals surface area contributed by atoms with Gasteiger partial charge in [0.1, 0.15) is 5.75 Å². The van der Waals surface area contributed by atoms with Crippen LogP contribution in [0, 0.1) is 0 Å². The smallest absolute Gasteiger partial charge is 0.292 e. The SMILES string of the molecule is CCOc1ccccc1CNC(=O)c1noc(-c2ccc3c(c2)OCO3)n1. The number of carbonyl (C=O) groups is 1. The van der Waals surface area contributed by atoms with Crippen molar-refractivity contribution < 1.29 is 23.5 Å². The first kappa shape index (κ1) is 16.9. The van der Waals surface area contributed by atoms with E-state index in [1.165, 1.54) is 0 Å². The van der Waals surface area contributed by atoms with Gasteiger partial charge in [0.15, 0.2) is 11.5 Å². The van der Waals surface area contributed by atoms with E-state index in [9.17, 15) is 4.79 Å². The highest BCUT2D eigenvalue weighted by Gasteiger charge is 2.19. The summed E-state index contributed by atoms with van der Waals surface area (Å²) in [5.74, 6) is 1.74. The predicted molar refractivity (Wildman–Crippen MR) is 94.6 cm³/mol. The van der Waals surface area contributed by atoms with Gasteiger partial charge in [0, 0.05) is 17.7 Å². The van der Waals surface area contributed by atoms with Crippen LogP contribution in [0.15, 0.2) is 47.0 Å². The van der Waals surface area contributed by atoms with Gasteiger partial charge in [0.2, 0.25) is 6.79 Å². The summed E-state index contributed by atoms with van der Waals surface area (Å²) in [7, 11) is 0. The summed E-state index contributed by atoms with van der Waals surface area (Å²) in [6.07, 6.45) is 0. The van der Waals surface area contributed by atoms with Crippen LogP contribution in [0.3, 0.4) is 0 Å². The van der Waals surface area contributed by atoms with E-state index in [-0.39, 0.29) is 18.5 Å². The molecule has 0 radical (unpaired) electrons. The number of hydrogen-bond donors (Lipinski definition) is 1. The van der Waals surface area contributed by atoms with Crippen LogP contribution in [0.4, 0.5) is 0 Å². The molecule has 0 saturated carbocycles. The van der Waals surface area contributed by atoms with Gasteiger partial charge in [-0.3, -0.25) is 4.79 Å². The Morgan fingerprint density at radius 3 is 2.93 bits per heavy atom. The highest BCUT2D eigenvalue weighted by molar-refractivity contribution is 5.90. The van der Waals surface area contributed by atoms with Gasteiger partial charge in [0.25, 0.3) is 17.6 Å². The third-order valence-electron chi connectivity index (χ3n) is 3.96. The average Bonchev–Trinajstić information content (AvgIpc) is 3.36. The maximum absolute atomic E-state index is 12.3. The number of para-hydroxylation sites is 1. The van der Waals surface area contributed by atoms with Crippen molar-refractivity contribution in [3.05, 3.63) is 53.9 Å². The molecule has 1 N–H and O–H groups in total. The second kappa shape index (κ2) is 7.36. The maximum Gasteiger partial charge on any atom is 0.292 e. The van der Waals surface area contributed by atoms with Crippen LogP contribution >= 0.6 is 0 Å². The molecule has 1 amide bonds. The lowest BCUT2D eigenvalue weighted by atomic mass is 10.2. The summed E-state index contributed by atoms with van der Waals surface area (Å²) < 4.78 is 21.4. The fraction of sp³-hybridized carbons (Fsp3) is 0.211. The molecule has 2 heterocycles. The minimum Gasteiger partial charge on any atom is -0.494 e. The van der Waals surface area contributed by atoms with Gasteiger partial charge in [-0.25, -0.2) is 0 Å². The van der Waals surface area contributed by atoms with Crippen LogP contribution in [0.1, 0.15) is 23.1 Å². The van der Waals surface area contributed by atoms with Crippen LogP contribution < -0.4 is 19.5 Å². The van der Waals surface area contributed by atoms with Gasteiger partial charge in [-0.05, 0) is 31.2 Å². The van der Waals surface area contributed by atoms with Crippen molar-refractivity contribution in [2.45, 2.75) is 13.5 Å². The van der Waals surface area contributed by atoms with E-state index in [2.05, 4.69) is 15.5 Å². The van der Waals surface area contributed by atoms with E-state index in [1.54, 1.807) is 18.2 Å². The highest BCUT2D eigenvalue weighted by atomic mass is 16.7. The fourth-order valence-corrected chi connectivity index (χ4v) is 2.66. The molecule has 8 nitrogen and oxygen atoms in total. The molecule has 0 bridgehead atoms. The van der Waals surface area contributed by atoms with Crippen LogP contribution in [0.2, 0.25) is 0 Å². The zero-order chi connectivity index (χ0) is 18.6. The molecule has 138 valence electrons. The number of aromatic nitrogens is 2. The molecule has 27 heavy (non-hydrogen) atoms. The molecule has 4 rings (SSSR count). The molecule has 1 aromatic heterocycles. The minimum atomic E-state index is -0.433. The number of nitrogens with zero attached hydrogens (tertiary/aromatic N) is 2. The predicted octanol–water partition coefficient (Wildman–Crippen LogP) is 2.79. The summed E-state index contributed by atoms with van der Waals surface area (Å²) in [5, 5.41) is 6.53. The Morgan fingerprint density at radius 2 is 2.04 bits per heavy atom. The van der Waals surface area contributed by atoms with E-state index >= 15 is 0 Å². The lowest BCUT2D eigenvalue weighted by Gasteiger charge is -2.09. The Balaban J connectivity index is 1.45. The second-order valence-corrected chi connectivity index (χ2v) is 5.71. The number of carbonyl (C=O) groups excluding carboxylic acids is 1. The first-order valence-electron chi connectivity index (χ1n) is 8.47. The lowest BCUT2D eigenvalue weighted by Crippen LogP contribution is -2.24. The number of hydrogen-bond acceptors (Lipinski definition) is 7. The Kier molecular flexibility index (Phi) is 4.61. The number of benzene rings is 2. The minimum absolute atomic E-state index is 0.0449. The number of ether oxygens (including phenoxy) is 3. The van der Waals surface area contributed by atoms with Crippen molar-refractivity contribution in [2.75, 3.05) is 13.4 Å². The number of amides is 1. The van der Waals surface area contributed by atoms with Crippen molar-refractivity contribution in [3.8, 4) is 28.7 Å². The summed E-state index contributed by atoms with van der Waals surface area (Å²) in [6, 6.07) is 12.8. The Bertz CT molecular complexity index is 969. The quantitative estimate of drug-likeness (QED) is 0.716. The van der Waals surface area contributed by atoms with E-state index in [4.69, 9.17) is 18.7 Å². The molecule has 0 spiro atoms. The largest absolute Gasteiger partial charge is 0.494 e. The molecule has 3 aromatic rings. The summed E-state index contributed by atoms with van der Waals surface area (Å²) >= 11 is 0. The van der Waals surface area contributed by atoms with Crippen molar-refractivity contribution in [2.24, 2.45) is 0 Å². The molecular weight excluding hydrogens is 350 g/mol. The zero-order valence-electron chi connectivity index (χ0n) is 14.6. The third-order valence-corrected chi connectivity index (χ3v) is 3.96. The number of fused-ring (bicyclic) bond motifs is 1. The first-order chi connectivity index (χ1) is 13.2. The van der Waals surface area contributed by atoms with Crippen molar-refractivity contribution >= 4 is 5.91 Å². The first-order valence-corrected chi connectivity index (χ1v) is 8.47. The van der Waals surface area contributed by atoms with Crippen LogP contribution in [-0.4, -0.2) is 29.4 Å². The molecular formula is C19H17N3O5. The second-order valence-electron chi connectivity index (χ2n) is 5.71. The molecule has 8 heteroatoms. The fourth-order valence-electron chi connectivity index (χ4n) is 2.66. The molecule has 0 unspecified atom stereocenters.